The zero-order valence-corrected chi connectivity index (χ0v) is 15.9. The van der Waals surface area contributed by atoms with Gasteiger partial charge < -0.3 is 9.47 Å². The second-order valence-corrected chi connectivity index (χ2v) is 6.88. The van der Waals surface area contributed by atoms with E-state index in [0.717, 1.165) is 30.4 Å². The summed E-state index contributed by atoms with van der Waals surface area (Å²) in [4.78, 5) is 25.2. The van der Waals surface area contributed by atoms with Crippen molar-refractivity contribution >= 4 is 11.9 Å². The molecule has 0 aromatic heterocycles. The molecule has 2 rings (SSSR count). The van der Waals surface area contributed by atoms with Gasteiger partial charge in [0.25, 0.3) is 0 Å². The standard InChI is InChI=1S/C22H28O4/c1-5-6-7-9-12-17(2)21(15-18-13-10-8-11-14-18)16-22(21,19(23)25-3)20(24)26-4/h8-14H,2,5-7,15-16H2,1,3-4H3/b12-9+. The maximum absolute atomic E-state index is 12.6. The van der Waals surface area contributed by atoms with Crippen molar-refractivity contribution < 1.29 is 19.1 Å². The first kappa shape index (κ1) is 20.0. The molecule has 1 aromatic carbocycles. The molecule has 0 heterocycles. The third kappa shape index (κ3) is 3.46. The molecule has 140 valence electrons. The van der Waals surface area contributed by atoms with Crippen molar-refractivity contribution in [3.63, 3.8) is 0 Å². The predicted octanol–water partition coefficient (Wildman–Crippen LogP) is 4.25. The molecule has 0 bridgehead atoms. The molecule has 4 nitrogen and oxygen atoms in total. The van der Waals surface area contributed by atoms with Crippen LogP contribution in [0.15, 0.2) is 54.6 Å². The molecule has 1 atom stereocenters. The van der Waals surface area contributed by atoms with Crippen LogP contribution in [0, 0.1) is 10.8 Å². The largest absolute Gasteiger partial charge is 0.468 e. The van der Waals surface area contributed by atoms with Crippen molar-refractivity contribution in [2.45, 2.75) is 39.0 Å². The average molecular weight is 356 g/mol. The Morgan fingerprint density at radius 3 is 2.31 bits per heavy atom. The smallest absolute Gasteiger partial charge is 0.324 e. The summed E-state index contributed by atoms with van der Waals surface area (Å²) < 4.78 is 9.96. The molecule has 1 fully saturated rings. The molecule has 0 radical (unpaired) electrons. The Bertz CT molecular complexity index is 673. The minimum atomic E-state index is -1.32. The van der Waals surface area contributed by atoms with Crippen molar-refractivity contribution in [1.29, 1.82) is 0 Å². The summed E-state index contributed by atoms with van der Waals surface area (Å²) in [5, 5.41) is 0. The van der Waals surface area contributed by atoms with Crippen LogP contribution in [0.5, 0.6) is 0 Å². The summed E-state index contributed by atoms with van der Waals surface area (Å²) in [6, 6.07) is 9.82. The van der Waals surface area contributed by atoms with Gasteiger partial charge in [-0.05, 0) is 30.4 Å². The van der Waals surface area contributed by atoms with E-state index in [9.17, 15) is 9.59 Å². The molecule has 0 saturated heterocycles. The first-order valence-electron chi connectivity index (χ1n) is 9.05. The van der Waals surface area contributed by atoms with E-state index in [0.29, 0.717) is 12.8 Å². The molecule has 1 saturated carbocycles. The highest BCUT2D eigenvalue weighted by Gasteiger charge is 2.78. The van der Waals surface area contributed by atoms with E-state index in [1.807, 2.05) is 36.4 Å². The van der Waals surface area contributed by atoms with Crippen molar-refractivity contribution in [3.8, 4) is 0 Å². The Labute approximate surface area is 155 Å². The van der Waals surface area contributed by atoms with Gasteiger partial charge in [-0.25, -0.2) is 0 Å². The van der Waals surface area contributed by atoms with Gasteiger partial charge in [0, 0.05) is 5.41 Å². The minimum absolute atomic E-state index is 0.352. The number of benzene rings is 1. The third-order valence-corrected chi connectivity index (χ3v) is 5.33. The van der Waals surface area contributed by atoms with E-state index in [1.54, 1.807) is 0 Å². The number of ether oxygens (including phenoxy) is 2. The number of carbonyl (C=O) groups is 2. The summed E-state index contributed by atoms with van der Waals surface area (Å²) >= 11 is 0. The van der Waals surface area contributed by atoms with E-state index in [1.165, 1.54) is 14.2 Å². The molecule has 1 aromatic rings. The second-order valence-electron chi connectivity index (χ2n) is 6.88. The summed E-state index contributed by atoms with van der Waals surface area (Å²) in [7, 11) is 2.61. The van der Waals surface area contributed by atoms with E-state index < -0.39 is 22.8 Å². The minimum Gasteiger partial charge on any atom is -0.468 e. The zero-order chi connectivity index (χ0) is 19.2. The lowest BCUT2D eigenvalue weighted by molar-refractivity contribution is -0.163. The fraction of sp³-hybridized carbons (Fsp3) is 0.455. The van der Waals surface area contributed by atoms with Crippen molar-refractivity contribution in [3.05, 3.63) is 60.2 Å². The van der Waals surface area contributed by atoms with E-state index in [4.69, 9.17) is 9.47 Å². The Hall–Kier alpha value is -2.36. The fourth-order valence-electron chi connectivity index (χ4n) is 3.74. The van der Waals surface area contributed by atoms with Crippen LogP contribution in [0.1, 0.15) is 38.2 Å². The molecular formula is C22H28O4. The van der Waals surface area contributed by atoms with Crippen molar-refractivity contribution in [1.82, 2.24) is 0 Å². The van der Waals surface area contributed by atoms with Crippen LogP contribution >= 0.6 is 0 Å². The van der Waals surface area contributed by atoms with Crippen molar-refractivity contribution in [2.24, 2.45) is 10.8 Å². The molecule has 0 N–H and O–H groups in total. The number of esters is 2. The molecule has 1 aliphatic rings. The first-order chi connectivity index (χ1) is 12.5. The van der Waals surface area contributed by atoms with Gasteiger partial charge in [0.1, 0.15) is 0 Å². The van der Waals surface area contributed by atoms with Crippen LogP contribution < -0.4 is 0 Å². The van der Waals surface area contributed by atoms with Crippen LogP contribution in [-0.2, 0) is 25.5 Å². The van der Waals surface area contributed by atoms with Gasteiger partial charge in [-0.2, -0.15) is 0 Å². The zero-order valence-electron chi connectivity index (χ0n) is 15.9. The summed E-state index contributed by atoms with van der Waals surface area (Å²) in [6.07, 6.45) is 8.05. The number of carbonyl (C=O) groups excluding carboxylic acids is 2. The molecule has 0 spiro atoms. The summed E-state index contributed by atoms with van der Waals surface area (Å²) in [6.45, 7) is 6.35. The monoisotopic (exact) mass is 356 g/mol. The van der Waals surface area contributed by atoms with E-state index in [2.05, 4.69) is 19.6 Å². The van der Waals surface area contributed by atoms with Gasteiger partial charge in [-0.15, -0.1) is 0 Å². The van der Waals surface area contributed by atoms with Crippen LogP contribution in [0.3, 0.4) is 0 Å². The van der Waals surface area contributed by atoms with Crippen LogP contribution in [-0.4, -0.2) is 26.2 Å². The van der Waals surface area contributed by atoms with Crippen LogP contribution in [0.2, 0.25) is 0 Å². The number of allylic oxidation sites excluding steroid dienone is 3. The highest BCUT2D eigenvalue weighted by atomic mass is 16.5. The van der Waals surface area contributed by atoms with Crippen LogP contribution in [0.4, 0.5) is 0 Å². The molecule has 26 heavy (non-hydrogen) atoms. The number of hydrogen-bond acceptors (Lipinski definition) is 4. The van der Waals surface area contributed by atoms with Crippen molar-refractivity contribution in [2.75, 3.05) is 14.2 Å². The molecule has 1 aliphatic carbocycles. The highest BCUT2D eigenvalue weighted by molar-refractivity contribution is 6.06. The van der Waals surface area contributed by atoms with E-state index in [-0.39, 0.29) is 0 Å². The number of unbranched alkanes of at least 4 members (excludes halogenated alkanes) is 2. The summed E-state index contributed by atoms with van der Waals surface area (Å²) in [5.74, 6) is -1.10. The number of hydrogen-bond donors (Lipinski definition) is 0. The summed E-state index contributed by atoms with van der Waals surface area (Å²) in [5.41, 5.74) is -0.214. The lowest BCUT2D eigenvalue weighted by Crippen LogP contribution is -2.35. The number of rotatable bonds is 9. The Balaban J connectivity index is 2.40. The van der Waals surface area contributed by atoms with Crippen LogP contribution in [0.25, 0.3) is 0 Å². The fourth-order valence-corrected chi connectivity index (χ4v) is 3.74. The lowest BCUT2D eigenvalue weighted by Gasteiger charge is -2.23. The Kier molecular flexibility index (Phi) is 6.41. The Morgan fingerprint density at radius 1 is 1.15 bits per heavy atom. The molecule has 0 aliphatic heterocycles. The maximum Gasteiger partial charge on any atom is 0.324 e. The molecule has 0 amide bonds. The topological polar surface area (TPSA) is 52.6 Å². The normalized spacial score (nSPS) is 20.6. The highest BCUT2D eigenvalue weighted by Crippen LogP contribution is 2.70. The first-order valence-corrected chi connectivity index (χ1v) is 9.05. The molecule has 1 unspecified atom stereocenters. The second kappa shape index (κ2) is 8.35. The molecular weight excluding hydrogens is 328 g/mol. The van der Waals surface area contributed by atoms with Gasteiger partial charge in [0.05, 0.1) is 14.2 Å². The maximum atomic E-state index is 12.6. The third-order valence-electron chi connectivity index (χ3n) is 5.33. The molecule has 4 heteroatoms. The van der Waals surface area contributed by atoms with Gasteiger partial charge in [-0.1, -0.05) is 68.8 Å². The van der Waals surface area contributed by atoms with Gasteiger partial charge in [0.2, 0.25) is 0 Å². The Morgan fingerprint density at radius 2 is 1.77 bits per heavy atom. The van der Waals surface area contributed by atoms with Gasteiger partial charge in [0.15, 0.2) is 5.41 Å². The van der Waals surface area contributed by atoms with E-state index >= 15 is 0 Å². The van der Waals surface area contributed by atoms with Gasteiger partial charge in [-0.3, -0.25) is 9.59 Å². The average Bonchev–Trinajstić information content (AvgIpc) is 3.35. The lowest BCUT2D eigenvalue weighted by atomic mass is 9.80. The van der Waals surface area contributed by atoms with Gasteiger partial charge >= 0.3 is 11.9 Å². The number of methoxy groups -OCH3 is 2. The predicted molar refractivity (Wildman–Crippen MR) is 101 cm³/mol. The SMILES string of the molecule is C=C(/C=C/CCCC)C1(Cc2ccccc2)CC1(C(=O)OC)C(=O)OC. The quantitative estimate of drug-likeness (QED) is 0.287.